The molecule has 7 nitrogen and oxygen atoms in total. The van der Waals surface area contributed by atoms with Crippen molar-refractivity contribution in [1.29, 1.82) is 0 Å². The zero-order chi connectivity index (χ0) is 19.1. The first-order valence-corrected chi connectivity index (χ1v) is 8.92. The van der Waals surface area contributed by atoms with Crippen molar-refractivity contribution < 1.29 is 51.1 Å². The van der Waals surface area contributed by atoms with Gasteiger partial charge in [0.1, 0.15) is 35.0 Å². The van der Waals surface area contributed by atoms with Gasteiger partial charge in [0.2, 0.25) is 0 Å². The van der Waals surface area contributed by atoms with Crippen LogP contribution >= 0.6 is 0 Å². The number of aliphatic imine (C=N–C) groups is 4. The molecule has 2 unspecified atom stereocenters. The molecule has 2 atom stereocenters. The van der Waals surface area contributed by atoms with Crippen molar-refractivity contribution in [2.75, 3.05) is 14.2 Å². The minimum absolute atomic E-state index is 0. The summed E-state index contributed by atoms with van der Waals surface area (Å²) < 4.78 is 10.5. The van der Waals surface area contributed by atoms with Gasteiger partial charge < -0.3 is 34.3 Å². The van der Waals surface area contributed by atoms with Gasteiger partial charge in [-0.25, -0.2) is 15.0 Å². The Bertz CT molecular complexity index is 1040. The summed E-state index contributed by atoms with van der Waals surface area (Å²) in [5, 5.41) is 0. The van der Waals surface area contributed by atoms with E-state index in [2.05, 4.69) is 20.0 Å². The number of allylic oxidation sites excluding steroid dienone is 2. The van der Waals surface area contributed by atoms with Crippen molar-refractivity contribution in [2.45, 2.75) is 12.1 Å². The van der Waals surface area contributed by atoms with Crippen LogP contribution in [0.3, 0.4) is 0 Å². The Hall–Kier alpha value is -2.52. The van der Waals surface area contributed by atoms with Crippen molar-refractivity contribution in [3.63, 3.8) is 0 Å². The van der Waals surface area contributed by atoms with Gasteiger partial charge >= 0.3 is 16.8 Å². The second-order valence-corrected chi connectivity index (χ2v) is 6.49. The van der Waals surface area contributed by atoms with E-state index >= 15 is 0 Å². The molecule has 0 saturated carbocycles. The largest absolute Gasteiger partial charge is 2.00 e. The summed E-state index contributed by atoms with van der Waals surface area (Å²) in [5.41, 5.74) is 3.16. The monoisotopic (exact) mass is 500 g/mol. The number of hydrogen-bond donors (Lipinski definition) is 0. The summed E-state index contributed by atoms with van der Waals surface area (Å²) in [6.07, 6.45) is 11.5. The third-order valence-corrected chi connectivity index (χ3v) is 4.76. The van der Waals surface area contributed by atoms with Crippen LogP contribution < -0.4 is 24.8 Å². The fourth-order valence-electron chi connectivity index (χ4n) is 3.31. The topological polar surface area (TPSA) is 80.8 Å². The van der Waals surface area contributed by atoms with Crippen LogP contribution in [-0.2, 0) is 26.3 Å². The van der Waals surface area contributed by atoms with Crippen molar-refractivity contribution in [2.24, 2.45) is 20.0 Å². The first-order chi connectivity index (χ1) is 13.7. The maximum atomic E-state index is 5.27. The van der Waals surface area contributed by atoms with Crippen LogP contribution in [0.5, 0.6) is 0 Å². The summed E-state index contributed by atoms with van der Waals surface area (Å²) in [5.74, 6) is 2.77. The Labute approximate surface area is 202 Å². The van der Waals surface area contributed by atoms with E-state index in [0.29, 0.717) is 23.1 Å². The standard InChI is InChI=1S/C21H17N5O2.2ClH.Co/c1-27-12-6-8-14-18(10-12)25-20(23-14)16-4-3-5-17(22-16)21-24-15-9-7-13(28-2)11-19(15)26-21;;;/h3-11,18-19H,1-2H3;2*1H;/q;;;+2/p-2. The molecule has 3 heterocycles. The molecule has 1 aromatic rings. The van der Waals surface area contributed by atoms with Crippen LogP contribution in [0, 0.1) is 0 Å². The number of ether oxygens (including phenoxy) is 2. The van der Waals surface area contributed by atoms with E-state index < -0.39 is 0 Å². The number of methoxy groups -OCH3 is 2. The average molecular weight is 501 g/mol. The van der Waals surface area contributed by atoms with E-state index in [-0.39, 0.29) is 53.7 Å². The van der Waals surface area contributed by atoms with Gasteiger partial charge in [0.15, 0.2) is 11.7 Å². The molecule has 10 heteroatoms. The fourth-order valence-corrected chi connectivity index (χ4v) is 3.31. The summed E-state index contributed by atoms with van der Waals surface area (Å²) in [7, 11) is 3.29. The van der Waals surface area contributed by atoms with Crippen LogP contribution in [0.15, 0.2) is 86.1 Å². The molecule has 5 rings (SSSR count). The van der Waals surface area contributed by atoms with Gasteiger partial charge in [-0.2, -0.15) is 0 Å². The third-order valence-electron chi connectivity index (χ3n) is 4.76. The molecule has 0 aromatic carbocycles. The van der Waals surface area contributed by atoms with Crippen molar-refractivity contribution >= 4 is 23.1 Å². The number of aromatic nitrogens is 1. The maximum absolute atomic E-state index is 5.27. The van der Waals surface area contributed by atoms with Crippen LogP contribution in [0.4, 0.5) is 0 Å². The summed E-state index contributed by atoms with van der Waals surface area (Å²) in [6.45, 7) is 0. The number of pyridine rings is 1. The van der Waals surface area contributed by atoms with Gasteiger partial charge in [-0.15, -0.1) is 0 Å². The molecule has 0 fully saturated rings. The number of amidine groups is 2. The Morgan fingerprint density at radius 1 is 0.710 bits per heavy atom. The van der Waals surface area contributed by atoms with E-state index in [1.165, 1.54) is 0 Å². The molecule has 0 N–H and O–H groups in total. The normalized spacial score (nSPS) is 22.0. The Morgan fingerprint density at radius 2 is 1.16 bits per heavy atom. The maximum Gasteiger partial charge on any atom is 2.00 e. The van der Waals surface area contributed by atoms with E-state index in [1.807, 2.05) is 54.7 Å². The summed E-state index contributed by atoms with van der Waals surface area (Å²) >= 11 is 0. The van der Waals surface area contributed by atoms with Crippen molar-refractivity contribution in [1.82, 2.24) is 4.98 Å². The predicted molar refractivity (Wildman–Crippen MR) is 108 cm³/mol. The van der Waals surface area contributed by atoms with E-state index in [1.54, 1.807) is 14.2 Å². The zero-order valence-electron chi connectivity index (χ0n) is 16.5. The smallest absolute Gasteiger partial charge is 1.00 e. The van der Waals surface area contributed by atoms with Crippen molar-refractivity contribution in [3.05, 3.63) is 77.6 Å². The van der Waals surface area contributed by atoms with Gasteiger partial charge in [0, 0.05) is 0 Å². The Kier molecular flexibility index (Phi) is 8.13. The Balaban J connectivity index is 0.00000114. The average Bonchev–Trinajstić information content (AvgIpc) is 3.36. The first-order valence-electron chi connectivity index (χ1n) is 8.92. The molecular formula is C21H17Cl2CoN5O2. The van der Waals surface area contributed by atoms with Crippen LogP contribution in [0.25, 0.3) is 0 Å². The van der Waals surface area contributed by atoms with Gasteiger partial charge in [0.05, 0.1) is 25.6 Å². The molecule has 2 aliphatic heterocycles. The third kappa shape index (κ3) is 4.72. The van der Waals surface area contributed by atoms with Gasteiger partial charge in [-0.3, -0.25) is 9.98 Å². The van der Waals surface area contributed by atoms with Gasteiger partial charge in [0.25, 0.3) is 0 Å². The van der Waals surface area contributed by atoms with Crippen LogP contribution in [-0.4, -0.2) is 54.4 Å². The quantitative estimate of drug-likeness (QED) is 0.429. The van der Waals surface area contributed by atoms with Crippen LogP contribution in [0.1, 0.15) is 11.4 Å². The molecule has 0 spiro atoms. The molecule has 0 amide bonds. The molecule has 1 aromatic heterocycles. The predicted octanol–water partition coefficient (Wildman–Crippen LogP) is -3.57. The molecule has 0 bridgehead atoms. The zero-order valence-corrected chi connectivity index (χ0v) is 19.0. The molecular weight excluding hydrogens is 484 g/mol. The molecule has 31 heavy (non-hydrogen) atoms. The van der Waals surface area contributed by atoms with E-state index in [9.17, 15) is 0 Å². The summed E-state index contributed by atoms with van der Waals surface area (Å²) in [4.78, 5) is 23.3. The summed E-state index contributed by atoms with van der Waals surface area (Å²) in [6, 6.07) is 5.45. The second-order valence-electron chi connectivity index (χ2n) is 6.49. The van der Waals surface area contributed by atoms with Crippen molar-refractivity contribution in [3.8, 4) is 0 Å². The van der Waals surface area contributed by atoms with Gasteiger partial charge in [-0.05, 0) is 48.6 Å². The number of halogens is 2. The number of hydrogen-bond acceptors (Lipinski definition) is 7. The first kappa shape index (κ1) is 24.7. The SMILES string of the molecule is COC1=CC2N=C(c3cccc(C4=NC5C=C(OC)C=CC5=N4)n3)N=C2C=C1.[Cl-].[Cl-].[Co+2]. The minimum atomic E-state index is -0.130. The molecule has 161 valence electrons. The molecule has 1 radical (unpaired) electrons. The second kappa shape index (κ2) is 10.2. The fraction of sp³-hybridized carbons (Fsp3) is 0.190. The number of fused-ring (bicyclic) bond motifs is 2. The van der Waals surface area contributed by atoms with Gasteiger partial charge in [-0.1, -0.05) is 6.07 Å². The Morgan fingerprint density at radius 3 is 1.58 bits per heavy atom. The minimum Gasteiger partial charge on any atom is -1.00 e. The van der Waals surface area contributed by atoms with E-state index in [4.69, 9.17) is 14.5 Å². The van der Waals surface area contributed by atoms with Crippen LogP contribution in [0.2, 0.25) is 0 Å². The van der Waals surface area contributed by atoms with E-state index in [0.717, 1.165) is 22.9 Å². The molecule has 2 aliphatic carbocycles. The molecule has 0 saturated heterocycles. The number of nitrogens with zero attached hydrogens (tertiary/aromatic N) is 5. The molecule has 4 aliphatic rings. The number of rotatable bonds is 4.